The van der Waals surface area contributed by atoms with Crippen LogP contribution in [-0.4, -0.2) is 38.4 Å². The molecule has 0 bridgehead atoms. The van der Waals surface area contributed by atoms with Gasteiger partial charge in [-0.1, -0.05) is 23.2 Å². The number of aryl methyl sites for hydroxylation is 1. The second kappa shape index (κ2) is 6.29. The van der Waals surface area contributed by atoms with Crippen LogP contribution in [0.25, 0.3) is 10.9 Å². The summed E-state index contributed by atoms with van der Waals surface area (Å²) in [5.74, 6) is 0.187. The molecule has 1 aromatic heterocycles. The van der Waals surface area contributed by atoms with Crippen LogP contribution in [-0.2, 0) is 9.59 Å². The van der Waals surface area contributed by atoms with E-state index in [1.54, 1.807) is 22.7 Å². The van der Waals surface area contributed by atoms with Crippen LogP contribution in [0.4, 0.5) is 0 Å². The predicted molar refractivity (Wildman–Crippen MR) is 103 cm³/mol. The molecule has 5 nitrogen and oxygen atoms in total. The van der Waals surface area contributed by atoms with E-state index in [-0.39, 0.29) is 21.6 Å². The van der Waals surface area contributed by atoms with Gasteiger partial charge in [0.15, 0.2) is 5.75 Å². The minimum absolute atomic E-state index is 0.0134. The van der Waals surface area contributed by atoms with Crippen LogP contribution in [0.15, 0.2) is 18.2 Å². The second-order valence-corrected chi connectivity index (χ2v) is 9.02. The molecule has 4 rings (SSSR count). The fraction of sp³-hybridized carbons (Fsp3) is 0.389. The lowest BCUT2D eigenvalue weighted by Crippen LogP contribution is -2.47. The number of esters is 1. The van der Waals surface area contributed by atoms with Gasteiger partial charge >= 0.3 is 5.97 Å². The molecule has 2 fully saturated rings. The van der Waals surface area contributed by atoms with Crippen molar-refractivity contribution in [3.63, 3.8) is 0 Å². The fourth-order valence-corrected chi connectivity index (χ4v) is 5.52. The number of halogens is 2. The number of hydrogen-bond acceptors (Lipinski definition) is 5. The first-order valence-electron chi connectivity index (χ1n) is 8.23. The molecule has 0 saturated carbocycles. The molecule has 0 aliphatic carbocycles. The zero-order valence-corrected chi connectivity index (χ0v) is 16.5. The van der Waals surface area contributed by atoms with Crippen molar-refractivity contribution in [2.75, 3.05) is 5.75 Å². The van der Waals surface area contributed by atoms with Gasteiger partial charge in [0, 0.05) is 23.3 Å². The van der Waals surface area contributed by atoms with E-state index in [0.717, 1.165) is 12.1 Å². The average molecular weight is 411 g/mol. The van der Waals surface area contributed by atoms with Crippen LogP contribution in [0.3, 0.4) is 0 Å². The third-order valence-electron chi connectivity index (χ3n) is 4.90. The summed E-state index contributed by atoms with van der Waals surface area (Å²) in [5, 5.41) is 1.32. The first-order chi connectivity index (χ1) is 12.3. The SMILES string of the molecule is Cc1ccc2c(Cl)cc(Cl)c(OC(=O)[C@H]3CS[C@]4(C)CCC(=O)N34)c2n1. The van der Waals surface area contributed by atoms with Crippen molar-refractivity contribution in [2.45, 2.75) is 37.6 Å². The molecule has 2 atom stereocenters. The predicted octanol–water partition coefficient (Wildman–Crippen LogP) is 4.21. The molecule has 2 saturated heterocycles. The van der Waals surface area contributed by atoms with Gasteiger partial charge in [-0.05, 0) is 38.5 Å². The number of aromatic nitrogens is 1. The summed E-state index contributed by atoms with van der Waals surface area (Å²) >= 11 is 14.1. The number of pyridine rings is 1. The molecule has 2 aliphatic rings. The van der Waals surface area contributed by atoms with E-state index in [1.807, 2.05) is 26.0 Å². The third kappa shape index (κ3) is 2.75. The van der Waals surface area contributed by atoms with Gasteiger partial charge in [0.2, 0.25) is 5.91 Å². The molecule has 3 heterocycles. The Bertz CT molecular complexity index is 952. The van der Waals surface area contributed by atoms with Gasteiger partial charge in [-0.25, -0.2) is 9.78 Å². The molecular formula is C18H16Cl2N2O3S. The lowest BCUT2D eigenvalue weighted by molar-refractivity contribution is -0.146. The molecule has 2 aromatic rings. The first-order valence-corrected chi connectivity index (χ1v) is 9.97. The van der Waals surface area contributed by atoms with Crippen molar-refractivity contribution in [3.8, 4) is 5.75 Å². The number of amides is 1. The molecule has 0 spiro atoms. The van der Waals surface area contributed by atoms with Crippen LogP contribution >= 0.6 is 35.0 Å². The molecule has 2 aliphatic heterocycles. The lowest BCUT2D eigenvalue weighted by Gasteiger charge is -2.29. The highest BCUT2D eigenvalue weighted by molar-refractivity contribution is 8.01. The summed E-state index contributed by atoms with van der Waals surface area (Å²) in [6.07, 6.45) is 1.20. The third-order valence-corrected chi connectivity index (χ3v) is 7.00. The Morgan fingerprint density at radius 2 is 2.15 bits per heavy atom. The van der Waals surface area contributed by atoms with Crippen LogP contribution < -0.4 is 4.74 Å². The second-order valence-electron chi connectivity index (χ2n) is 6.70. The minimum Gasteiger partial charge on any atom is -0.421 e. The number of hydrogen-bond donors (Lipinski definition) is 0. The van der Waals surface area contributed by atoms with E-state index in [0.29, 0.717) is 28.1 Å². The van der Waals surface area contributed by atoms with Crippen molar-refractivity contribution in [2.24, 2.45) is 0 Å². The summed E-state index contributed by atoms with van der Waals surface area (Å²) in [4.78, 5) is 30.9. The molecular weight excluding hydrogens is 395 g/mol. The van der Waals surface area contributed by atoms with E-state index in [1.165, 1.54) is 0 Å². The number of ether oxygens (including phenoxy) is 1. The number of nitrogens with zero attached hydrogens (tertiary/aromatic N) is 2. The quantitative estimate of drug-likeness (QED) is 0.548. The number of benzene rings is 1. The number of carbonyl (C=O) groups excluding carboxylic acids is 2. The number of fused-ring (bicyclic) bond motifs is 2. The van der Waals surface area contributed by atoms with Crippen LogP contribution in [0.5, 0.6) is 5.75 Å². The highest BCUT2D eigenvalue weighted by atomic mass is 35.5. The summed E-state index contributed by atoms with van der Waals surface area (Å²) in [7, 11) is 0. The summed E-state index contributed by atoms with van der Waals surface area (Å²) in [6, 6.07) is 4.57. The van der Waals surface area contributed by atoms with E-state index < -0.39 is 12.0 Å². The lowest BCUT2D eigenvalue weighted by atomic mass is 10.2. The summed E-state index contributed by atoms with van der Waals surface area (Å²) in [6.45, 7) is 3.83. The zero-order chi connectivity index (χ0) is 18.6. The Morgan fingerprint density at radius 1 is 1.38 bits per heavy atom. The minimum atomic E-state index is -0.619. The topological polar surface area (TPSA) is 59.5 Å². The average Bonchev–Trinajstić information content (AvgIpc) is 3.07. The Labute approximate surface area is 165 Å². The summed E-state index contributed by atoms with van der Waals surface area (Å²) < 4.78 is 5.65. The maximum atomic E-state index is 12.9. The Kier molecular flexibility index (Phi) is 4.33. The van der Waals surface area contributed by atoms with Gasteiger partial charge in [-0.3, -0.25) is 4.79 Å². The van der Waals surface area contributed by atoms with Gasteiger partial charge in [-0.2, -0.15) is 0 Å². The van der Waals surface area contributed by atoms with Gasteiger partial charge in [-0.15, -0.1) is 11.8 Å². The highest BCUT2D eigenvalue weighted by Gasteiger charge is 2.53. The van der Waals surface area contributed by atoms with E-state index in [9.17, 15) is 9.59 Å². The van der Waals surface area contributed by atoms with Crippen molar-refractivity contribution in [1.29, 1.82) is 0 Å². The number of rotatable bonds is 2. The van der Waals surface area contributed by atoms with Gasteiger partial charge in [0.25, 0.3) is 0 Å². The molecule has 1 aromatic carbocycles. The molecule has 1 amide bonds. The Balaban J connectivity index is 1.71. The van der Waals surface area contributed by atoms with Gasteiger partial charge in [0.1, 0.15) is 11.6 Å². The van der Waals surface area contributed by atoms with Gasteiger partial charge in [0.05, 0.1) is 14.9 Å². The maximum absolute atomic E-state index is 12.9. The summed E-state index contributed by atoms with van der Waals surface area (Å²) in [5.41, 5.74) is 1.20. The van der Waals surface area contributed by atoms with E-state index in [4.69, 9.17) is 27.9 Å². The highest BCUT2D eigenvalue weighted by Crippen LogP contribution is 2.47. The fourth-order valence-electron chi connectivity index (χ4n) is 3.55. The van der Waals surface area contributed by atoms with Crippen molar-refractivity contribution in [1.82, 2.24) is 9.88 Å². The van der Waals surface area contributed by atoms with Crippen LogP contribution in [0.2, 0.25) is 10.0 Å². The van der Waals surface area contributed by atoms with Gasteiger partial charge < -0.3 is 9.64 Å². The normalized spacial score (nSPS) is 25.0. The number of carbonyl (C=O) groups is 2. The Hall–Kier alpha value is -1.50. The molecule has 26 heavy (non-hydrogen) atoms. The molecule has 0 unspecified atom stereocenters. The largest absolute Gasteiger partial charge is 0.421 e. The molecule has 136 valence electrons. The zero-order valence-electron chi connectivity index (χ0n) is 14.2. The van der Waals surface area contributed by atoms with Crippen molar-refractivity contribution < 1.29 is 14.3 Å². The maximum Gasteiger partial charge on any atom is 0.335 e. The standard InChI is InChI=1S/C18H16Cl2N2O3S/c1-9-3-4-10-11(19)7-12(20)16(15(10)21-9)25-17(24)13-8-26-18(2)6-5-14(23)22(13)18/h3-4,7,13H,5-6,8H2,1-2H3/t13-,18-/m1/s1. The first kappa shape index (κ1) is 17.9. The van der Waals surface area contributed by atoms with Crippen molar-refractivity contribution >= 4 is 57.7 Å². The van der Waals surface area contributed by atoms with Crippen LogP contribution in [0.1, 0.15) is 25.5 Å². The monoisotopic (exact) mass is 410 g/mol. The van der Waals surface area contributed by atoms with Crippen LogP contribution in [0, 0.1) is 6.92 Å². The van der Waals surface area contributed by atoms with Crippen molar-refractivity contribution in [3.05, 3.63) is 33.9 Å². The van der Waals surface area contributed by atoms with E-state index in [2.05, 4.69) is 4.98 Å². The molecule has 8 heteroatoms. The Morgan fingerprint density at radius 3 is 2.92 bits per heavy atom. The number of thioether (sulfide) groups is 1. The van der Waals surface area contributed by atoms with E-state index >= 15 is 0 Å². The smallest absolute Gasteiger partial charge is 0.335 e. The molecule has 0 radical (unpaired) electrons. The molecule has 0 N–H and O–H groups in total.